The number of likely N-dealkylation sites (tertiary alicyclic amines) is 1. The molecule has 5 aromatic rings. The summed E-state index contributed by atoms with van der Waals surface area (Å²) in [5.41, 5.74) is 5.07. The fraction of sp³-hybridized carbons (Fsp3) is 0.530. The van der Waals surface area contributed by atoms with Gasteiger partial charge in [0, 0.05) is 117 Å². The van der Waals surface area contributed by atoms with Crippen LogP contribution in [0.15, 0.2) is 89.3 Å². The van der Waals surface area contributed by atoms with Gasteiger partial charge in [0.2, 0.25) is 29.2 Å². The molecule has 8 rings (SSSR count). The van der Waals surface area contributed by atoms with Crippen molar-refractivity contribution in [1.29, 1.82) is 0 Å². The number of carbonyl (C=O) groups is 5. The first-order chi connectivity index (χ1) is 42.1. The number of carbonyl (C=O) groups excluding carboxylic acids is 5. The van der Waals surface area contributed by atoms with Crippen LogP contribution in [0.25, 0.3) is 21.6 Å². The lowest BCUT2D eigenvalue weighted by Gasteiger charge is -2.35. The molecule has 0 bridgehead atoms. The van der Waals surface area contributed by atoms with Gasteiger partial charge in [-0.25, -0.2) is 4.98 Å². The van der Waals surface area contributed by atoms with Gasteiger partial charge in [-0.3, -0.25) is 38.6 Å². The number of aryl methyl sites for hydroxylation is 1. The van der Waals surface area contributed by atoms with Crippen molar-refractivity contribution in [3.05, 3.63) is 123 Å². The zero-order valence-electron chi connectivity index (χ0n) is 51.6. The van der Waals surface area contributed by atoms with Crippen molar-refractivity contribution >= 4 is 52.2 Å². The Morgan fingerprint density at radius 2 is 1.39 bits per heavy atom. The van der Waals surface area contributed by atoms with Crippen LogP contribution in [0.5, 0.6) is 0 Å². The van der Waals surface area contributed by atoms with E-state index < -0.39 is 52.4 Å². The van der Waals surface area contributed by atoms with Crippen molar-refractivity contribution in [3.63, 3.8) is 0 Å². The van der Waals surface area contributed by atoms with E-state index in [4.69, 9.17) is 0 Å². The molecule has 3 aliphatic heterocycles. The predicted molar refractivity (Wildman–Crippen MR) is 339 cm³/mol. The van der Waals surface area contributed by atoms with Gasteiger partial charge in [-0.15, -0.1) is 11.3 Å². The predicted octanol–water partition coefficient (Wildman–Crippen LogP) is 8.83. The average molecular weight is 1240 g/mol. The van der Waals surface area contributed by atoms with E-state index in [1.54, 1.807) is 17.4 Å². The Morgan fingerprint density at radius 1 is 0.750 bits per heavy atom. The summed E-state index contributed by atoms with van der Waals surface area (Å²) in [6, 6.07) is 20.4. The number of aliphatic hydroxyl groups excluding tert-OH is 1. The van der Waals surface area contributed by atoms with Crippen molar-refractivity contribution in [2.75, 3.05) is 89.3 Å². The number of rotatable bonds is 27. The first-order valence-electron chi connectivity index (χ1n) is 31.1. The SMILES string of the molecule is Cc1ncsc1-c1ccc(CNC(=O)[C@@H]2C[C@@H](O)CN2C(=O)[C@@H](NC(=O)CCCCCCCCCCCC(=O)NCCN2CCN(Cc3cccc(-c4ccc(N5CCN(C)CC5)c(NC(=O)c5c[nH]c(=O)cc5C(F)(F)F)c4)c3)CC2)C(C)(C)C)cc1. The maximum absolute atomic E-state index is 14.1. The monoisotopic (exact) mass is 1240 g/mol. The summed E-state index contributed by atoms with van der Waals surface area (Å²) in [6.07, 6.45) is 4.75. The van der Waals surface area contributed by atoms with E-state index in [0.29, 0.717) is 56.3 Å². The lowest BCUT2D eigenvalue weighted by atomic mass is 9.85. The van der Waals surface area contributed by atoms with Crippen LogP contribution in [0.4, 0.5) is 24.5 Å². The molecule has 3 fully saturated rings. The molecule has 18 nitrogen and oxygen atoms in total. The number of thiazole rings is 1. The lowest BCUT2D eigenvalue weighted by molar-refractivity contribution is -0.144. The topological polar surface area (TPSA) is 216 Å². The summed E-state index contributed by atoms with van der Waals surface area (Å²) in [6.45, 7) is 16.4. The third kappa shape index (κ3) is 19.3. The molecular formula is C66H88F3N11O7S. The minimum atomic E-state index is -4.90. The number of halogens is 3. The summed E-state index contributed by atoms with van der Waals surface area (Å²) < 4.78 is 41.9. The van der Waals surface area contributed by atoms with Gasteiger partial charge in [-0.05, 0) is 78.2 Å². The Bertz CT molecular complexity index is 3210. The Kier molecular flexibility index (Phi) is 23.9. The molecule has 22 heteroatoms. The average Bonchev–Trinajstić information content (AvgIpc) is 2.81. The molecule has 88 heavy (non-hydrogen) atoms. The summed E-state index contributed by atoms with van der Waals surface area (Å²) >= 11 is 1.58. The highest BCUT2D eigenvalue weighted by atomic mass is 32.1. The highest BCUT2D eigenvalue weighted by Gasteiger charge is 2.44. The number of alkyl halides is 3. The highest BCUT2D eigenvalue weighted by Crippen LogP contribution is 2.36. The van der Waals surface area contributed by atoms with Crippen molar-refractivity contribution in [3.8, 4) is 21.6 Å². The van der Waals surface area contributed by atoms with Gasteiger partial charge in [0.05, 0.1) is 44.7 Å². The number of pyridine rings is 1. The maximum atomic E-state index is 14.1. The van der Waals surface area contributed by atoms with Crippen LogP contribution >= 0.6 is 11.3 Å². The Morgan fingerprint density at radius 3 is 2.03 bits per heavy atom. The fourth-order valence-corrected chi connectivity index (χ4v) is 12.6. The standard InChI is InChI=1S/C66H88F3N11O7S/c1-45-60(88-44-73-45)48-22-20-46(21-23-48)40-72-63(86)56-38-51(81)43-80(56)64(87)61(65(2,3)4)75-58(83)19-14-12-10-8-6-7-9-11-13-18-57(82)70-26-27-77-30-32-78(33-31-77)42-47-16-15-17-49(36-47)50-24-25-55(79-34-28-76(5)29-35-79)54(37-50)74-62(85)52-41-71-59(84)39-53(52)66(67,68)69/h15-17,20-25,36-37,39,41,44,51,56,61,81H,6-14,18-19,26-35,38,40,42-43H2,1-5H3,(H,70,82)(H,71,84)(H,72,86)(H,74,85)(H,75,83)/t51-,56+,61-/m1/s1. The molecule has 0 unspecified atom stereocenters. The minimum Gasteiger partial charge on any atom is -0.391 e. The van der Waals surface area contributed by atoms with Gasteiger partial charge < -0.3 is 46.1 Å². The van der Waals surface area contributed by atoms with Gasteiger partial charge in [0.15, 0.2) is 0 Å². The maximum Gasteiger partial charge on any atom is 0.417 e. The second-order valence-electron chi connectivity index (χ2n) is 24.9. The van der Waals surface area contributed by atoms with E-state index in [9.17, 15) is 47.0 Å². The van der Waals surface area contributed by atoms with Gasteiger partial charge in [0.25, 0.3) is 5.91 Å². The van der Waals surface area contributed by atoms with E-state index in [0.717, 1.165) is 148 Å². The summed E-state index contributed by atoms with van der Waals surface area (Å²) in [7, 11) is 2.02. The number of nitrogens with zero attached hydrogens (tertiary/aromatic N) is 6. The third-order valence-electron chi connectivity index (χ3n) is 17.0. The van der Waals surface area contributed by atoms with E-state index in [-0.39, 0.29) is 43.1 Å². The molecule has 2 aromatic heterocycles. The van der Waals surface area contributed by atoms with Crippen molar-refractivity contribution in [1.82, 2.24) is 45.5 Å². The summed E-state index contributed by atoms with van der Waals surface area (Å²) in [5.74, 6) is -1.82. The number of H-pyrrole nitrogens is 1. The van der Waals surface area contributed by atoms with E-state index >= 15 is 0 Å². The Balaban J connectivity index is 0.670. The van der Waals surface area contributed by atoms with Gasteiger partial charge in [0.1, 0.15) is 12.1 Å². The zero-order chi connectivity index (χ0) is 63.0. The lowest BCUT2D eigenvalue weighted by Crippen LogP contribution is -2.57. The number of amides is 5. The van der Waals surface area contributed by atoms with Crippen LogP contribution in [0.2, 0.25) is 0 Å². The quantitative estimate of drug-likeness (QED) is 0.0272. The number of unbranched alkanes of at least 4 members (excludes halogenated alkanes) is 8. The van der Waals surface area contributed by atoms with Crippen LogP contribution in [-0.4, -0.2) is 161 Å². The first-order valence-corrected chi connectivity index (χ1v) is 32.0. The number of aromatic amines is 1. The molecule has 3 aliphatic rings. The molecular weight excluding hydrogens is 1150 g/mol. The number of piperazine rings is 2. The molecule has 6 N–H and O–H groups in total. The molecule has 0 spiro atoms. The highest BCUT2D eigenvalue weighted by molar-refractivity contribution is 7.13. The number of β-amino-alcohol motifs (C(OH)–C–C–N with tert-alkyl or cyclic N) is 1. The molecule has 3 aromatic carbocycles. The molecule has 3 atom stereocenters. The summed E-state index contributed by atoms with van der Waals surface area (Å²) in [4.78, 5) is 97.0. The van der Waals surface area contributed by atoms with E-state index in [2.05, 4.69) is 63.0 Å². The number of aliphatic hydroxyl groups is 1. The van der Waals surface area contributed by atoms with Crippen molar-refractivity contribution < 1.29 is 42.3 Å². The molecule has 3 saturated heterocycles. The molecule has 5 heterocycles. The number of hydrogen-bond acceptors (Lipinski definition) is 13. The Labute approximate surface area is 519 Å². The number of anilines is 2. The van der Waals surface area contributed by atoms with Crippen molar-refractivity contribution in [2.45, 2.75) is 142 Å². The molecule has 0 aliphatic carbocycles. The Hall–Kier alpha value is -6.98. The number of likely N-dealkylation sites (N-methyl/N-ethyl adjacent to an activating group) is 1. The van der Waals surface area contributed by atoms with E-state index in [1.807, 2.05) is 88.8 Å². The van der Waals surface area contributed by atoms with Crippen LogP contribution in [0.3, 0.4) is 0 Å². The van der Waals surface area contributed by atoms with Crippen LogP contribution in [0.1, 0.15) is 131 Å². The van der Waals surface area contributed by atoms with Crippen LogP contribution in [0, 0.1) is 12.3 Å². The second-order valence-corrected chi connectivity index (χ2v) is 25.7. The number of nitrogens with one attached hydrogen (secondary N) is 5. The number of benzene rings is 3. The first kappa shape index (κ1) is 67.0. The fourth-order valence-electron chi connectivity index (χ4n) is 11.8. The van der Waals surface area contributed by atoms with Gasteiger partial charge >= 0.3 is 6.18 Å². The minimum absolute atomic E-state index is 0.0210. The largest absolute Gasteiger partial charge is 0.417 e. The van der Waals surface area contributed by atoms with Gasteiger partial charge in [-0.1, -0.05) is 114 Å². The smallest absolute Gasteiger partial charge is 0.391 e. The summed E-state index contributed by atoms with van der Waals surface area (Å²) in [5, 5.41) is 22.4. The van der Waals surface area contributed by atoms with Crippen LogP contribution in [-0.2, 0) is 38.4 Å². The third-order valence-corrected chi connectivity index (χ3v) is 17.9. The number of aromatic nitrogens is 2. The van der Waals surface area contributed by atoms with Crippen LogP contribution < -0.4 is 31.7 Å². The van der Waals surface area contributed by atoms with Gasteiger partial charge in [-0.2, -0.15) is 13.2 Å². The van der Waals surface area contributed by atoms with Crippen molar-refractivity contribution in [2.24, 2.45) is 5.41 Å². The number of hydrogen-bond donors (Lipinski definition) is 6. The second kappa shape index (κ2) is 31.5. The normalized spacial score (nSPS) is 17.4. The molecule has 0 radical (unpaired) electrons. The zero-order valence-corrected chi connectivity index (χ0v) is 52.4. The molecule has 0 saturated carbocycles. The van der Waals surface area contributed by atoms with E-state index in [1.165, 1.54) is 4.90 Å². The molecule has 5 amide bonds. The molecule has 476 valence electrons.